The van der Waals surface area contributed by atoms with E-state index in [1.54, 1.807) is 23.6 Å². The summed E-state index contributed by atoms with van der Waals surface area (Å²) in [5, 5.41) is 15.5. The van der Waals surface area contributed by atoms with Crippen molar-refractivity contribution >= 4 is 39.9 Å². The van der Waals surface area contributed by atoms with Crippen LogP contribution in [0.25, 0.3) is 11.3 Å². The number of nitrogens with one attached hydrogen (secondary N) is 1. The maximum absolute atomic E-state index is 12.5. The molecule has 0 fully saturated rings. The number of nitro benzene ring substituents is 1. The van der Waals surface area contributed by atoms with Gasteiger partial charge in [0.2, 0.25) is 5.91 Å². The van der Waals surface area contributed by atoms with Crippen molar-refractivity contribution in [1.82, 2.24) is 9.88 Å². The van der Waals surface area contributed by atoms with E-state index in [9.17, 15) is 24.5 Å². The smallest absolute Gasteiger partial charge is 0.270 e. The van der Waals surface area contributed by atoms with Crippen LogP contribution in [0.5, 0.6) is 11.5 Å². The Morgan fingerprint density at radius 3 is 2.52 bits per heavy atom. The molecule has 12 heteroatoms. The highest BCUT2D eigenvalue weighted by Crippen LogP contribution is 2.33. The number of carbonyl (C=O) groups is 3. The number of fused-ring (bicyclic) bond motifs is 1. The molecule has 0 spiro atoms. The fraction of sp³-hybridized carbons (Fsp3) is 0.143. The van der Waals surface area contributed by atoms with Gasteiger partial charge in [-0.3, -0.25) is 29.4 Å². The van der Waals surface area contributed by atoms with Crippen LogP contribution in [0, 0.1) is 10.1 Å². The van der Waals surface area contributed by atoms with E-state index in [1.165, 1.54) is 31.6 Å². The van der Waals surface area contributed by atoms with Gasteiger partial charge in [0.15, 0.2) is 16.6 Å². The molecule has 1 aliphatic rings. The van der Waals surface area contributed by atoms with E-state index in [-0.39, 0.29) is 21.9 Å². The topological polar surface area (TPSA) is 141 Å². The van der Waals surface area contributed by atoms with E-state index < -0.39 is 29.2 Å². The number of hydrogen-bond donors (Lipinski definition) is 1. The predicted octanol–water partition coefficient (Wildman–Crippen LogP) is 2.97. The van der Waals surface area contributed by atoms with Gasteiger partial charge in [-0.2, -0.15) is 0 Å². The number of nitro groups is 1. The quantitative estimate of drug-likeness (QED) is 0.317. The number of aromatic nitrogens is 1. The van der Waals surface area contributed by atoms with Crippen LogP contribution in [0.1, 0.15) is 20.7 Å². The van der Waals surface area contributed by atoms with Gasteiger partial charge in [0.05, 0.1) is 36.0 Å². The molecular weight excluding hydrogens is 452 g/mol. The van der Waals surface area contributed by atoms with Crippen molar-refractivity contribution in [2.45, 2.75) is 0 Å². The molecule has 168 valence electrons. The second-order valence-electron chi connectivity index (χ2n) is 6.84. The van der Waals surface area contributed by atoms with Gasteiger partial charge in [-0.25, -0.2) is 4.98 Å². The molecule has 3 aromatic rings. The Labute approximate surface area is 190 Å². The summed E-state index contributed by atoms with van der Waals surface area (Å²) in [7, 11) is 3.05. The SMILES string of the molecule is COc1ccc(-c2csc(NC(=O)CN3C(=O)c4ccc([N+](=O)[O-])cc4C3=O)n2)cc1OC. The minimum absolute atomic E-state index is 0.0170. The van der Waals surface area contributed by atoms with Crippen LogP contribution < -0.4 is 14.8 Å². The van der Waals surface area contributed by atoms with E-state index in [2.05, 4.69) is 10.3 Å². The molecule has 0 bridgehead atoms. The Hall–Kier alpha value is -4.32. The van der Waals surface area contributed by atoms with Gasteiger partial charge in [0, 0.05) is 23.1 Å². The Bertz CT molecular complexity index is 1300. The summed E-state index contributed by atoms with van der Waals surface area (Å²) in [4.78, 5) is 52.9. The summed E-state index contributed by atoms with van der Waals surface area (Å²) in [6, 6.07) is 8.65. The molecule has 0 radical (unpaired) electrons. The van der Waals surface area contributed by atoms with Gasteiger partial charge >= 0.3 is 0 Å². The summed E-state index contributed by atoms with van der Waals surface area (Å²) in [6.07, 6.45) is 0. The molecule has 2 aromatic carbocycles. The zero-order valence-corrected chi connectivity index (χ0v) is 18.2. The van der Waals surface area contributed by atoms with Crippen molar-refractivity contribution in [3.05, 3.63) is 63.0 Å². The van der Waals surface area contributed by atoms with Crippen LogP contribution in [-0.4, -0.2) is 53.3 Å². The van der Waals surface area contributed by atoms with E-state index in [0.717, 1.165) is 22.6 Å². The second-order valence-corrected chi connectivity index (χ2v) is 7.70. The third kappa shape index (κ3) is 4.11. The second kappa shape index (κ2) is 8.67. The van der Waals surface area contributed by atoms with E-state index >= 15 is 0 Å². The maximum Gasteiger partial charge on any atom is 0.270 e. The summed E-state index contributed by atoms with van der Waals surface area (Å²) in [5.74, 6) is -0.993. The maximum atomic E-state index is 12.5. The van der Waals surface area contributed by atoms with Gasteiger partial charge in [-0.15, -0.1) is 11.3 Å². The average Bonchev–Trinajstić information content (AvgIpc) is 3.37. The first-order valence-electron chi connectivity index (χ1n) is 9.44. The van der Waals surface area contributed by atoms with Crippen molar-refractivity contribution in [3.8, 4) is 22.8 Å². The lowest BCUT2D eigenvalue weighted by Crippen LogP contribution is -2.37. The summed E-state index contributed by atoms with van der Waals surface area (Å²) >= 11 is 1.17. The third-order valence-electron chi connectivity index (χ3n) is 4.90. The number of anilines is 1. The van der Waals surface area contributed by atoms with Crippen molar-refractivity contribution < 1.29 is 28.8 Å². The molecule has 2 heterocycles. The number of imide groups is 1. The number of benzene rings is 2. The van der Waals surface area contributed by atoms with E-state index in [1.807, 2.05) is 0 Å². The number of rotatable bonds is 7. The molecule has 0 atom stereocenters. The first-order valence-corrected chi connectivity index (χ1v) is 10.3. The summed E-state index contributed by atoms with van der Waals surface area (Å²) < 4.78 is 10.5. The van der Waals surface area contributed by atoms with Gasteiger partial charge in [0.1, 0.15) is 6.54 Å². The Balaban J connectivity index is 1.46. The van der Waals surface area contributed by atoms with E-state index in [0.29, 0.717) is 17.2 Å². The third-order valence-corrected chi connectivity index (χ3v) is 5.65. The number of ether oxygens (including phenoxy) is 2. The van der Waals surface area contributed by atoms with Crippen molar-refractivity contribution in [2.24, 2.45) is 0 Å². The van der Waals surface area contributed by atoms with Gasteiger partial charge in [-0.1, -0.05) is 0 Å². The average molecular weight is 468 g/mol. The standard InChI is InChI=1S/C21H16N4O7S/c1-31-16-6-3-11(7-17(16)32-2)15-10-33-21(22-15)23-18(26)9-24-19(27)13-5-4-12(25(29)30)8-14(13)20(24)28/h3-8,10H,9H2,1-2H3,(H,22,23,26). The molecule has 4 rings (SSSR count). The lowest BCUT2D eigenvalue weighted by atomic mass is 10.1. The van der Waals surface area contributed by atoms with Gasteiger partial charge < -0.3 is 14.8 Å². The predicted molar refractivity (Wildman–Crippen MR) is 118 cm³/mol. The Morgan fingerprint density at radius 1 is 1.09 bits per heavy atom. The largest absolute Gasteiger partial charge is 0.493 e. The molecule has 0 saturated carbocycles. The van der Waals surface area contributed by atoms with E-state index in [4.69, 9.17) is 9.47 Å². The van der Waals surface area contributed by atoms with Crippen LogP contribution in [0.3, 0.4) is 0 Å². The fourth-order valence-electron chi connectivity index (χ4n) is 3.30. The van der Waals surface area contributed by atoms with Crippen molar-refractivity contribution in [1.29, 1.82) is 0 Å². The number of amides is 3. The zero-order chi connectivity index (χ0) is 23.7. The van der Waals surface area contributed by atoms with Crippen LogP contribution in [0.2, 0.25) is 0 Å². The molecule has 0 aliphatic carbocycles. The minimum atomic E-state index is -0.765. The van der Waals surface area contributed by atoms with Gasteiger partial charge in [-0.05, 0) is 24.3 Å². The monoisotopic (exact) mass is 468 g/mol. The number of carbonyl (C=O) groups excluding carboxylic acids is 3. The molecule has 11 nitrogen and oxygen atoms in total. The van der Waals surface area contributed by atoms with Crippen molar-refractivity contribution in [3.63, 3.8) is 0 Å². The lowest BCUT2D eigenvalue weighted by molar-refractivity contribution is -0.384. The number of thiazole rings is 1. The molecule has 0 saturated heterocycles. The zero-order valence-electron chi connectivity index (χ0n) is 17.4. The van der Waals surface area contributed by atoms with Crippen LogP contribution in [0.15, 0.2) is 41.8 Å². The lowest BCUT2D eigenvalue weighted by Gasteiger charge is -2.12. The molecule has 33 heavy (non-hydrogen) atoms. The molecule has 1 aliphatic heterocycles. The number of hydrogen-bond acceptors (Lipinski definition) is 9. The molecular formula is C21H16N4O7S. The first-order chi connectivity index (χ1) is 15.8. The highest BCUT2D eigenvalue weighted by molar-refractivity contribution is 7.14. The summed E-state index contributed by atoms with van der Waals surface area (Å²) in [6.45, 7) is -0.550. The number of nitrogens with zero attached hydrogens (tertiary/aromatic N) is 3. The molecule has 1 N–H and O–H groups in total. The fourth-order valence-corrected chi connectivity index (χ4v) is 4.03. The Morgan fingerprint density at radius 2 is 1.82 bits per heavy atom. The number of methoxy groups -OCH3 is 2. The molecule has 1 aromatic heterocycles. The minimum Gasteiger partial charge on any atom is -0.493 e. The van der Waals surface area contributed by atoms with Crippen LogP contribution in [0.4, 0.5) is 10.8 Å². The van der Waals surface area contributed by atoms with Crippen molar-refractivity contribution in [2.75, 3.05) is 26.1 Å². The van der Waals surface area contributed by atoms with Crippen LogP contribution >= 0.6 is 11.3 Å². The van der Waals surface area contributed by atoms with Crippen LogP contribution in [-0.2, 0) is 4.79 Å². The normalized spacial score (nSPS) is 12.5. The van der Waals surface area contributed by atoms with Gasteiger partial charge in [0.25, 0.3) is 17.5 Å². The highest BCUT2D eigenvalue weighted by Gasteiger charge is 2.37. The summed E-state index contributed by atoms with van der Waals surface area (Å²) in [5.41, 5.74) is 0.928. The molecule has 0 unspecified atom stereocenters. The molecule has 3 amide bonds. The Kier molecular flexibility index (Phi) is 5.75. The highest BCUT2D eigenvalue weighted by atomic mass is 32.1. The number of non-ortho nitro benzene ring substituents is 1. The first kappa shape index (κ1) is 21.9.